The first-order valence-corrected chi connectivity index (χ1v) is 17.8. The van der Waals surface area contributed by atoms with Crippen LogP contribution in [0, 0.1) is 0 Å². The van der Waals surface area contributed by atoms with Gasteiger partial charge in [0.15, 0.2) is 5.84 Å². The van der Waals surface area contributed by atoms with E-state index in [2.05, 4.69) is 121 Å². The van der Waals surface area contributed by atoms with E-state index in [-0.39, 0.29) is 0 Å². The zero-order valence-corrected chi connectivity index (χ0v) is 29.6. The third-order valence-corrected chi connectivity index (χ3v) is 9.30. The number of allylic oxidation sites excluding steroid dienone is 1. The number of nitrogens with zero attached hydrogens (tertiary/aromatic N) is 3. The molecule has 2 N–H and O–H groups in total. The Bertz CT molecular complexity index is 2570. The molecule has 0 aliphatic heterocycles. The van der Waals surface area contributed by atoms with Crippen LogP contribution in [0.4, 0.5) is 0 Å². The average Bonchev–Trinajstić information content (AvgIpc) is 3.73. The van der Waals surface area contributed by atoms with Crippen LogP contribution < -0.4 is 5.73 Å². The minimum atomic E-state index is 0.474. The van der Waals surface area contributed by atoms with Crippen molar-refractivity contribution >= 4 is 55.4 Å². The molecule has 0 atom stereocenters. The van der Waals surface area contributed by atoms with Gasteiger partial charge < -0.3 is 14.7 Å². The smallest absolute Gasteiger partial charge is 0.158 e. The molecule has 0 unspecified atom stereocenters. The van der Waals surface area contributed by atoms with E-state index in [0.717, 1.165) is 61.8 Å². The fourth-order valence-electron chi connectivity index (χ4n) is 6.85. The monoisotopic (exact) mass is 666 g/mol. The average molecular weight is 667 g/mol. The van der Waals surface area contributed by atoms with Crippen molar-refractivity contribution in [3.8, 4) is 16.8 Å². The molecule has 6 aromatic carbocycles. The van der Waals surface area contributed by atoms with Crippen molar-refractivity contribution in [3.63, 3.8) is 0 Å². The second kappa shape index (κ2) is 14.7. The number of para-hydroxylation sites is 1. The number of furan rings is 1. The molecule has 0 saturated heterocycles. The number of benzene rings is 6. The second-order valence-corrected chi connectivity index (χ2v) is 12.2. The fraction of sp³-hybridized carbons (Fsp3) is 0.130. The van der Waals surface area contributed by atoms with Crippen LogP contribution in [0.5, 0.6) is 0 Å². The number of amidine groups is 2. The molecule has 0 bridgehead atoms. The highest BCUT2D eigenvalue weighted by Gasteiger charge is 2.19. The van der Waals surface area contributed by atoms with Gasteiger partial charge >= 0.3 is 0 Å². The molecule has 0 aliphatic carbocycles. The topological polar surface area (TPSA) is 68.8 Å². The summed E-state index contributed by atoms with van der Waals surface area (Å²) in [6.07, 6.45) is 2.80. The number of nitrogens with two attached hydrogens (primary N) is 1. The van der Waals surface area contributed by atoms with Crippen molar-refractivity contribution in [2.45, 2.75) is 40.7 Å². The van der Waals surface area contributed by atoms with Crippen molar-refractivity contribution in [1.29, 1.82) is 0 Å². The molecular weight excluding hydrogens is 625 g/mol. The van der Waals surface area contributed by atoms with Gasteiger partial charge in [-0.1, -0.05) is 124 Å². The number of aliphatic imine (C=N–C) groups is 2. The fourth-order valence-corrected chi connectivity index (χ4v) is 6.85. The second-order valence-electron chi connectivity index (χ2n) is 12.2. The van der Waals surface area contributed by atoms with Gasteiger partial charge in [0.2, 0.25) is 0 Å². The summed E-state index contributed by atoms with van der Waals surface area (Å²) in [5.41, 5.74) is 16.9. The van der Waals surface area contributed by atoms with Crippen molar-refractivity contribution < 1.29 is 4.42 Å². The molecule has 252 valence electrons. The van der Waals surface area contributed by atoms with Gasteiger partial charge in [-0.05, 0) is 78.1 Å². The Hall–Kier alpha value is -6.20. The normalized spacial score (nSPS) is 12.5. The van der Waals surface area contributed by atoms with Gasteiger partial charge in [-0.25, -0.2) is 4.99 Å². The zero-order chi connectivity index (χ0) is 35.3. The lowest BCUT2D eigenvalue weighted by molar-refractivity contribution is 0.669. The summed E-state index contributed by atoms with van der Waals surface area (Å²) >= 11 is 0. The molecule has 5 heteroatoms. The Morgan fingerprint density at radius 3 is 2.18 bits per heavy atom. The summed E-state index contributed by atoms with van der Waals surface area (Å²) in [5.74, 6) is 1.06. The predicted octanol–water partition coefficient (Wildman–Crippen LogP) is 12.0. The largest absolute Gasteiger partial charge is 0.456 e. The Kier molecular flexibility index (Phi) is 9.62. The first-order chi connectivity index (χ1) is 25.1. The predicted molar refractivity (Wildman–Crippen MR) is 217 cm³/mol. The van der Waals surface area contributed by atoms with E-state index in [1.165, 1.54) is 21.9 Å². The SMILES string of the molecule is C/C=C(\CC)C(N)=NC(=NCc1ccccc1)c1cccc2oc3ccc(-n4c5ccccc5c5cc(-c6ccccc6)ccc54)cc3c12.CC. The molecule has 2 aromatic heterocycles. The minimum Gasteiger partial charge on any atom is -0.456 e. The molecule has 8 rings (SSSR count). The maximum atomic E-state index is 6.59. The number of hydrogen-bond acceptors (Lipinski definition) is 2. The molecule has 2 heterocycles. The molecule has 0 aliphatic rings. The van der Waals surface area contributed by atoms with Crippen LogP contribution in [0.2, 0.25) is 0 Å². The molecule has 0 saturated carbocycles. The molecule has 51 heavy (non-hydrogen) atoms. The molecular formula is C46H42N4O. The zero-order valence-electron chi connectivity index (χ0n) is 29.6. The number of fused-ring (bicyclic) bond motifs is 6. The van der Waals surface area contributed by atoms with Gasteiger partial charge in [-0.3, -0.25) is 4.99 Å². The molecule has 8 aromatic rings. The Morgan fingerprint density at radius 2 is 1.41 bits per heavy atom. The summed E-state index contributed by atoms with van der Waals surface area (Å²) in [5, 5.41) is 4.39. The van der Waals surface area contributed by atoms with Crippen molar-refractivity contribution in [2.24, 2.45) is 15.7 Å². The number of hydrogen-bond donors (Lipinski definition) is 1. The maximum absolute atomic E-state index is 6.59. The van der Waals surface area contributed by atoms with E-state index in [1.54, 1.807) is 0 Å². The first-order valence-electron chi connectivity index (χ1n) is 17.8. The van der Waals surface area contributed by atoms with Crippen LogP contribution in [0.15, 0.2) is 166 Å². The lowest BCUT2D eigenvalue weighted by Gasteiger charge is -2.10. The van der Waals surface area contributed by atoms with Gasteiger partial charge in [0.25, 0.3) is 0 Å². The van der Waals surface area contributed by atoms with Gasteiger partial charge in [0.05, 0.1) is 17.6 Å². The third kappa shape index (κ3) is 6.35. The van der Waals surface area contributed by atoms with E-state index in [0.29, 0.717) is 18.2 Å². The highest BCUT2D eigenvalue weighted by atomic mass is 16.3. The van der Waals surface area contributed by atoms with Crippen molar-refractivity contribution in [1.82, 2.24) is 4.57 Å². The molecule has 0 radical (unpaired) electrons. The van der Waals surface area contributed by atoms with E-state index < -0.39 is 0 Å². The number of aromatic nitrogens is 1. The Balaban J connectivity index is 0.00000200. The van der Waals surface area contributed by atoms with E-state index in [1.807, 2.05) is 57.2 Å². The third-order valence-electron chi connectivity index (χ3n) is 9.30. The lowest BCUT2D eigenvalue weighted by Crippen LogP contribution is -2.17. The lowest BCUT2D eigenvalue weighted by atomic mass is 10.0. The standard InChI is InChI=1S/C44H36N4O.C2H6/c1-3-30(4-2)43(45)47-44(46-28-29-14-7-5-8-15-29)35-19-13-21-41-42(35)37-27-33(23-25-40(37)49-41)48-38-20-12-11-18-34(38)36-26-32(22-24-39(36)48)31-16-9-6-10-17-31;1-2/h3,5-27H,4,28H2,1-2H3,(H2,45,46,47);1-2H3/b30-3+;. The Morgan fingerprint density at radius 1 is 0.686 bits per heavy atom. The van der Waals surface area contributed by atoms with Crippen LogP contribution in [0.3, 0.4) is 0 Å². The van der Waals surface area contributed by atoms with Gasteiger partial charge in [-0.2, -0.15) is 0 Å². The van der Waals surface area contributed by atoms with Crippen molar-refractivity contribution in [3.05, 3.63) is 162 Å². The first kappa shape index (κ1) is 33.3. The highest BCUT2D eigenvalue weighted by Crippen LogP contribution is 2.38. The van der Waals surface area contributed by atoms with Gasteiger partial charge in [0, 0.05) is 32.8 Å². The molecule has 0 amide bonds. The van der Waals surface area contributed by atoms with Crippen LogP contribution in [0.1, 0.15) is 45.2 Å². The summed E-state index contributed by atoms with van der Waals surface area (Å²) in [6, 6.07) is 48.7. The van der Waals surface area contributed by atoms with Crippen LogP contribution in [-0.2, 0) is 6.54 Å². The van der Waals surface area contributed by atoms with E-state index in [4.69, 9.17) is 20.1 Å². The summed E-state index contributed by atoms with van der Waals surface area (Å²) in [4.78, 5) is 10.0. The highest BCUT2D eigenvalue weighted by molar-refractivity contribution is 6.21. The van der Waals surface area contributed by atoms with Crippen LogP contribution in [-0.4, -0.2) is 16.2 Å². The maximum Gasteiger partial charge on any atom is 0.158 e. The number of rotatable bonds is 7. The quantitative estimate of drug-likeness (QED) is 0.136. The molecule has 0 spiro atoms. The van der Waals surface area contributed by atoms with Crippen LogP contribution >= 0.6 is 0 Å². The van der Waals surface area contributed by atoms with Gasteiger partial charge in [-0.15, -0.1) is 0 Å². The molecule has 0 fully saturated rings. The Labute approximate surface area is 299 Å². The minimum absolute atomic E-state index is 0.474. The van der Waals surface area contributed by atoms with Crippen molar-refractivity contribution in [2.75, 3.05) is 0 Å². The summed E-state index contributed by atoms with van der Waals surface area (Å²) in [6.45, 7) is 8.56. The van der Waals surface area contributed by atoms with E-state index in [9.17, 15) is 0 Å². The summed E-state index contributed by atoms with van der Waals surface area (Å²) < 4.78 is 8.81. The van der Waals surface area contributed by atoms with Gasteiger partial charge in [0.1, 0.15) is 17.0 Å². The molecule has 5 nitrogen and oxygen atoms in total. The van der Waals surface area contributed by atoms with E-state index >= 15 is 0 Å². The summed E-state index contributed by atoms with van der Waals surface area (Å²) in [7, 11) is 0. The van der Waals surface area contributed by atoms with Crippen LogP contribution in [0.25, 0.3) is 60.6 Å².